The van der Waals surface area contributed by atoms with Crippen LogP contribution in [0.1, 0.15) is 53.4 Å². The lowest BCUT2D eigenvalue weighted by atomic mass is 9.78. The molecule has 2 atom stereocenters. The topological polar surface area (TPSA) is 49.5 Å². The lowest BCUT2D eigenvalue weighted by molar-refractivity contribution is 0.00924. The van der Waals surface area contributed by atoms with E-state index in [4.69, 9.17) is 10.8 Å². The third-order valence-corrected chi connectivity index (χ3v) is 3.86. The molecule has 0 amide bonds. The van der Waals surface area contributed by atoms with Crippen molar-refractivity contribution in [2.45, 2.75) is 71.5 Å². The van der Waals surface area contributed by atoms with Crippen molar-refractivity contribution in [3.05, 3.63) is 0 Å². The van der Waals surface area contributed by atoms with Gasteiger partial charge in [-0.25, -0.2) is 0 Å². The summed E-state index contributed by atoms with van der Waals surface area (Å²) >= 11 is 0. The number of aliphatic hydroxyl groups is 1. The van der Waals surface area contributed by atoms with E-state index in [-0.39, 0.29) is 18.1 Å². The van der Waals surface area contributed by atoms with Crippen LogP contribution in [0.3, 0.4) is 0 Å². The Labute approximate surface area is 106 Å². The first kappa shape index (κ1) is 14.9. The Morgan fingerprint density at radius 3 is 2.24 bits per heavy atom. The second kappa shape index (κ2) is 6.17. The molecule has 102 valence electrons. The third-order valence-electron chi connectivity index (χ3n) is 3.86. The lowest BCUT2D eigenvalue weighted by Gasteiger charge is -2.49. The number of rotatable bonds is 6. The van der Waals surface area contributed by atoms with E-state index < -0.39 is 0 Å². The molecule has 0 spiro atoms. The molecule has 1 aliphatic rings. The van der Waals surface area contributed by atoms with Gasteiger partial charge in [0.1, 0.15) is 0 Å². The number of nitrogens with two attached hydrogens (primary N) is 1. The average Bonchev–Trinajstić information content (AvgIpc) is 2.07. The Kier molecular flexibility index (Phi) is 5.42. The van der Waals surface area contributed by atoms with Gasteiger partial charge >= 0.3 is 0 Å². The number of aliphatic hydroxyl groups excluding tert-OH is 1. The van der Waals surface area contributed by atoms with E-state index in [0.717, 1.165) is 13.0 Å². The first-order valence-electron chi connectivity index (χ1n) is 7.00. The molecule has 1 saturated carbocycles. The number of hydrogen-bond donors (Lipinski definition) is 2. The highest BCUT2D eigenvalue weighted by Crippen LogP contribution is 2.34. The third kappa shape index (κ3) is 3.94. The van der Waals surface area contributed by atoms with Gasteiger partial charge in [0, 0.05) is 31.3 Å². The maximum Gasteiger partial charge on any atom is 0.0443 e. The lowest BCUT2D eigenvalue weighted by Crippen LogP contribution is -2.58. The van der Waals surface area contributed by atoms with Crippen molar-refractivity contribution in [2.24, 2.45) is 11.1 Å². The summed E-state index contributed by atoms with van der Waals surface area (Å²) < 4.78 is 0. The fourth-order valence-electron chi connectivity index (χ4n) is 3.11. The van der Waals surface area contributed by atoms with Crippen LogP contribution in [0.5, 0.6) is 0 Å². The summed E-state index contributed by atoms with van der Waals surface area (Å²) in [5.74, 6) is 0. The molecule has 3 heteroatoms. The van der Waals surface area contributed by atoms with Gasteiger partial charge in [-0.3, -0.25) is 4.90 Å². The largest absolute Gasteiger partial charge is 0.396 e. The summed E-state index contributed by atoms with van der Waals surface area (Å²) in [6.45, 7) is 10.2. The zero-order valence-electron chi connectivity index (χ0n) is 11.9. The zero-order chi connectivity index (χ0) is 13.1. The van der Waals surface area contributed by atoms with Crippen LogP contribution in [0.4, 0.5) is 0 Å². The second-order valence-electron chi connectivity index (χ2n) is 6.57. The van der Waals surface area contributed by atoms with Crippen molar-refractivity contribution in [1.29, 1.82) is 0 Å². The molecule has 0 saturated heterocycles. The minimum Gasteiger partial charge on any atom is -0.396 e. The van der Waals surface area contributed by atoms with Gasteiger partial charge < -0.3 is 10.8 Å². The van der Waals surface area contributed by atoms with Crippen molar-refractivity contribution in [3.8, 4) is 0 Å². The first-order valence-corrected chi connectivity index (χ1v) is 7.00. The maximum atomic E-state index is 9.05. The van der Waals surface area contributed by atoms with Crippen molar-refractivity contribution in [2.75, 3.05) is 13.2 Å². The van der Waals surface area contributed by atoms with Gasteiger partial charge in [-0.05, 0) is 31.6 Å². The van der Waals surface area contributed by atoms with E-state index >= 15 is 0 Å². The second-order valence-corrected chi connectivity index (χ2v) is 6.57. The highest BCUT2D eigenvalue weighted by molar-refractivity contribution is 4.94. The van der Waals surface area contributed by atoms with E-state index in [9.17, 15) is 0 Å². The SMILES string of the molecule is CC(N)C(N(CCCO)C1CCC1)C(C)(C)C. The molecule has 1 aliphatic carbocycles. The molecule has 1 rings (SSSR count). The molecule has 3 N–H and O–H groups in total. The van der Waals surface area contributed by atoms with Gasteiger partial charge in [0.25, 0.3) is 0 Å². The predicted octanol–water partition coefficient (Wildman–Crippen LogP) is 1.99. The fourth-order valence-corrected chi connectivity index (χ4v) is 3.11. The van der Waals surface area contributed by atoms with Gasteiger partial charge in [-0.15, -0.1) is 0 Å². The average molecular weight is 242 g/mol. The van der Waals surface area contributed by atoms with Crippen molar-refractivity contribution in [1.82, 2.24) is 4.90 Å². The van der Waals surface area contributed by atoms with E-state index in [1.165, 1.54) is 19.3 Å². The van der Waals surface area contributed by atoms with Crippen LogP contribution in [0.2, 0.25) is 0 Å². The molecule has 0 aliphatic heterocycles. The maximum absolute atomic E-state index is 9.05. The summed E-state index contributed by atoms with van der Waals surface area (Å²) in [6, 6.07) is 1.27. The minimum absolute atomic E-state index is 0.175. The van der Waals surface area contributed by atoms with Crippen molar-refractivity contribution < 1.29 is 5.11 Å². The smallest absolute Gasteiger partial charge is 0.0443 e. The first-order chi connectivity index (χ1) is 7.88. The van der Waals surface area contributed by atoms with Crippen LogP contribution in [-0.4, -0.2) is 41.3 Å². The summed E-state index contributed by atoms with van der Waals surface area (Å²) in [5.41, 5.74) is 6.40. The van der Waals surface area contributed by atoms with Gasteiger partial charge in [-0.1, -0.05) is 27.2 Å². The molecule has 0 aromatic rings. The molecule has 0 bridgehead atoms. The Balaban J connectivity index is 2.75. The Hall–Kier alpha value is -0.120. The van der Waals surface area contributed by atoms with Gasteiger partial charge in [-0.2, -0.15) is 0 Å². The van der Waals surface area contributed by atoms with E-state index in [1.54, 1.807) is 0 Å². The van der Waals surface area contributed by atoms with Gasteiger partial charge in [0.2, 0.25) is 0 Å². The quantitative estimate of drug-likeness (QED) is 0.749. The molecule has 17 heavy (non-hydrogen) atoms. The minimum atomic E-state index is 0.175. The van der Waals surface area contributed by atoms with Crippen LogP contribution in [0.25, 0.3) is 0 Å². The highest BCUT2D eigenvalue weighted by atomic mass is 16.3. The molecule has 0 aromatic heterocycles. The van der Waals surface area contributed by atoms with Crippen molar-refractivity contribution in [3.63, 3.8) is 0 Å². The molecule has 3 nitrogen and oxygen atoms in total. The molecular weight excluding hydrogens is 212 g/mol. The summed E-state index contributed by atoms with van der Waals surface area (Å²) in [6.07, 6.45) is 4.79. The Bertz CT molecular complexity index is 219. The number of hydrogen-bond acceptors (Lipinski definition) is 3. The van der Waals surface area contributed by atoms with E-state index in [0.29, 0.717) is 12.1 Å². The van der Waals surface area contributed by atoms with Gasteiger partial charge in [0.05, 0.1) is 0 Å². The molecule has 0 heterocycles. The van der Waals surface area contributed by atoms with Crippen LogP contribution in [0.15, 0.2) is 0 Å². The molecule has 2 unspecified atom stereocenters. The van der Waals surface area contributed by atoms with Gasteiger partial charge in [0.15, 0.2) is 0 Å². The summed E-state index contributed by atoms with van der Waals surface area (Å²) in [4.78, 5) is 2.56. The number of nitrogens with zero attached hydrogens (tertiary/aromatic N) is 1. The molecular formula is C14H30N2O. The normalized spacial score (nSPS) is 21.4. The fraction of sp³-hybridized carbons (Fsp3) is 1.00. The van der Waals surface area contributed by atoms with Crippen LogP contribution < -0.4 is 5.73 Å². The standard InChI is InChI=1S/C14H30N2O/c1-11(15)13(14(2,3)4)16(9-6-10-17)12-7-5-8-12/h11-13,17H,5-10,15H2,1-4H3. The Morgan fingerprint density at radius 2 is 1.94 bits per heavy atom. The summed E-state index contributed by atoms with van der Waals surface area (Å²) in [5, 5.41) is 9.05. The predicted molar refractivity (Wildman–Crippen MR) is 72.9 cm³/mol. The van der Waals surface area contributed by atoms with Crippen molar-refractivity contribution >= 4 is 0 Å². The monoisotopic (exact) mass is 242 g/mol. The molecule has 0 aromatic carbocycles. The van der Waals surface area contributed by atoms with E-state index in [1.807, 2.05) is 0 Å². The van der Waals surface area contributed by atoms with Crippen LogP contribution >= 0.6 is 0 Å². The van der Waals surface area contributed by atoms with E-state index in [2.05, 4.69) is 32.6 Å². The van der Waals surface area contributed by atoms with Crippen LogP contribution in [0, 0.1) is 5.41 Å². The van der Waals surface area contributed by atoms with Crippen LogP contribution in [-0.2, 0) is 0 Å². The zero-order valence-corrected chi connectivity index (χ0v) is 11.9. The Morgan fingerprint density at radius 1 is 1.35 bits per heavy atom. The highest BCUT2D eigenvalue weighted by Gasteiger charge is 2.38. The molecule has 0 radical (unpaired) electrons. The molecule has 1 fully saturated rings. The summed E-state index contributed by atoms with van der Waals surface area (Å²) in [7, 11) is 0.